The lowest BCUT2D eigenvalue weighted by Gasteiger charge is -2.32. The summed E-state index contributed by atoms with van der Waals surface area (Å²) in [6.45, 7) is 0. The van der Waals surface area contributed by atoms with Gasteiger partial charge in [0, 0.05) is 17.7 Å². The minimum Gasteiger partial charge on any atom is -0.399 e. The summed E-state index contributed by atoms with van der Waals surface area (Å²) < 4.78 is 80.6. The van der Waals surface area contributed by atoms with Crippen LogP contribution in [0.1, 0.15) is 17.0 Å². The van der Waals surface area contributed by atoms with E-state index in [1.54, 1.807) is 30.3 Å². The van der Waals surface area contributed by atoms with Crippen LogP contribution in [0.5, 0.6) is 0 Å². The minimum absolute atomic E-state index is 0.0254. The molecule has 3 N–H and O–H groups in total. The molecule has 1 heterocycles. The number of aliphatic hydroxyl groups is 1. The first-order valence-electron chi connectivity index (χ1n) is 10.1. The van der Waals surface area contributed by atoms with Crippen molar-refractivity contribution in [2.24, 2.45) is 0 Å². The van der Waals surface area contributed by atoms with Crippen LogP contribution >= 0.6 is 0 Å². The molecule has 35 heavy (non-hydrogen) atoms. The van der Waals surface area contributed by atoms with Gasteiger partial charge in [-0.2, -0.15) is 26.3 Å². The third-order valence-corrected chi connectivity index (χ3v) is 5.53. The van der Waals surface area contributed by atoms with Crippen molar-refractivity contribution < 1.29 is 31.4 Å². The lowest BCUT2D eigenvalue weighted by Crippen LogP contribution is -2.53. The number of nitrogens with two attached hydrogens (primary N) is 1. The van der Waals surface area contributed by atoms with Crippen molar-refractivity contribution in [2.75, 3.05) is 5.73 Å². The Labute approximate surface area is 194 Å². The van der Waals surface area contributed by atoms with Gasteiger partial charge in [-0.15, -0.1) is 0 Å². The van der Waals surface area contributed by atoms with Gasteiger partial charge in [0.1, 0.15) is 5.82 Å². The largest absolute Gasteiger partial charge is 0.430 e. The molecule has 0 saturated heterocycles. The number of halogens is 6. The Morgan fingerprint density at radius 3 is 2.03 bits per heavy atom. The molecular formula is C24H17F6N3O2. The van der Waals surface area contributed by atoms with Crippen LogP contribution in [0.15, 0.2) is 77.6 Å². The minimum atomic E-state index is -6.02. The molecule has 0 radical (unpaired) electrons. The molecule has 0 bridgehead atoms. The summed E-state index contributed by atoms with van der Waals surface area (Å²) in [5.74, 6) is 0.189. The molecule has 0 atom stereocenters. The lowest BCUT2D eigenvalue weighted by atomic mass is 9.92. The van der Waals surface area contributed by atoms with Gasteiger partial charge in [0.05, 0.1) is 16.6 Å². The van der Waals surface area contributed by atoms with E-state index in [9.17, 15) is 36.2 Å². The van der Waals surface area contributed by atoms with Crippen molar-refractivity contribution >= 4 is 16.6 Å². The third-order valence-electron chi connectivity index (χ3n) is 5.53. The van der Waals surface area contributed by atoms with Crippen LogP contribution in [0.25, 0.3) is 16.6 Å². The van der Waals surface area contributed by atoms with E-state index in [-0.39, 0.29) is 28.8 Å². The lowest BCUT2D eigenvalue weighted by molar-refractivity contribution is -0.376. The van der Waals surface area contributed by atoms with E-state index >= 15 is 0 Å². The quantitative estimate of drug-likeness (QED) is 0.314. The predicted molar refractivity (Wildman–Crippen MR) is 117 cm³/mol. The van der Waals surface area contributed by atoms with E-state index in [1.807, 2.05) is 0 Å². The predicted octanol–water partition coefficient (Wildman–Crippen LogP) is 4.87. The number of aromatic nitrogens is 2. The number of anilines is 1. The molecule has 0 fully saturated rings. The number of hydrogen-bond acceptors (Lipinski definition) is 4. The highest BCUT2D eigenvalue weighted by Crippen LogP contribution is 2.50. The fourth-order valence-corrected chi connectivity index (χ4v) is 3.75. The average molecular weight is 493 g/mol. The van der Waals surface area contributed by atoms with E-state index < -0.39 is 29.1 Å². The van der Waals surface area contributed by atoms with Gasteiger partial charge < -0.3 is 10.8 Å². The zero-order chi connectivity index (χ0) is 25.6. The van der Waals surface area contributed by atoms with Crippen LogP contribution in [0.2, 0.25) is 0 Å². The normalized spacial score (nSPS) is 12.8. The SMILES string of the molecule is Nc1ccc2c(=O)n(-c3ccc(C(O)(C(F)(F)F)C(F)(F)F)cc3)c(Cc3ccccc3)nc2c1. The molecule has 0 aliphatic rings. The van der Waals surface area contributed by atoms with Gasteiger partial charge in [0.25, 0.3) is 11.2 Å². The number of alkyl halides is 6. The molecule has 1 aromatic heterocycles. The van der Waals surface area contributed by atoms with E-state index in [0.29, 0.717) is 17.8 Å². The molecule has 5 nitrogen and oxygen atoms in total. The van der Waals surface area contributed by atoms with Crippen molar-refractivity contribution in [3.63, 3.8) is 0 Å². The zero-order valence-corrected chi connectivity index (χ0v) is 17.7. The number of nitrogens with zero attached hydrogens (tertiary/aromatic N) is 2. The maximum absolute atomic E-state index is 13.3. The van der Waals surface area contributed by atoms with Gasteiger partial charge in [0.2, 0.25) is 0 Å². The first-order chi connectivity index (χ1) is 16.3. The number of rotatable bonds is 4. The Balaban J connectivity index is 1.91. The monoisotopic (exact) mass is 493 g/mol. The number of benzene rings is 3. The average Bonchev–Trinajstić information content (AvgIpc) is 2.78. The summed E-state index contributed by atoms with van der Waals surface area (Å²) in [6, 6.07) is 16.0. The molecule has 0 aliphatic heterocycles. The fourth-order valence-electron chi connectivity index (χ4n) is 3.75. The Morgan fingerprint density at radius 2 is 1.46 bits per heavy atom. The number of nitrogen functional groups attached to an aromatic ring is 1. The smallest absolute Gasteiger partial charge is 0.399 e. The van der Waals surface area contributed by atoms with Crippen molar-refractivity contribution in [3.8, 4) is 5.69 Å². The summed E-state index contributed by atoms with van der Waals surface area (Å²) in [5.41, 5.74) is 0.0873. The van der Waals surface area contributed by atoms with E-state index in [2.05, 4.69) is 4.98 Å². The van der Waals surface area contributed by atoms with Crippen LogP contribution in [-0.4, -0.2) is 27.0 Å². The number of fused-ring (bicyclic) bond motifs is 1. The topological polar surface area (TPSA) is 81.1 Å². The molecule has 182 valence electrons. The molecule has 0 spiro atoms. The van der Waals surface area contributed by atoms with Gasteiger partial charge in [-0.05, 0) is 35.9 Å². The highest BCUT2D eigenvalue weighted by atomic mass is 19.4. The molecule has 0 unspecified atom stereocenters. The van der Waals surface area contributed by atoms with Crippen LogP contribution in [-0.2, 0) is 12.0 Å². The van der Waals surface area contributed by atoms with E-state index in [0.717, 1.165) is 22.3 Å². The summed E-state index contributed by atoms with van der Waals surface area (Å²) in [4.78, 5) is 17.8. The molecule has 4 rings (SSSR count). The van der Waals surface area contributed by atoms with Gasteiger partial charge in [-0.3, -0.25) is 9.36 Å². The third kappa shape index (κ3) is 4.23. The standard InChI is InChI=1S/C24H17F6N3O2/c25-23(26,27)22(35,24(28,29)30)15-6-9-17(10-7-15)33-20(12-14-4-2-1-3-5-14)32-19-13-16(31)8-11-18(19)21(33)34/h1-11,13,35H,12,31H2. The van der Waals surface area contributed by atoms with Gasteiger partial charge in [-0.1, -0.05) is 42.5 Å². The summed E-state index contributed by atoms with van der Waals surface area (Å²) in [6.07, 6.45) is -11.9. The van der Waals surface area contributed by atoms with Crippen molar-refractivity contribution in [1.29, 1.82) is 0 Å². The second-order valence-electron chi connectivity index (χ2n) is 7.86. The number of hydrogen-bond donors (Lipinski definition) is 2. The molecule has 4 aromatic rings. The molecular weight excluding hydrogens is 476 g/mol. The van der Waals surface area contributed by atoms with E-state index in [4.69, 9.17) is 5.73 Å². The molecule has 11 heteroatoms. The Bertz CT molecular complexity index is 1410. The Hall–Kier alpha value is -3.86. The maximum Gasteiger partial charge on any atom is 0.430 e. The van der Waals surface area contributed by atoms with E-state index in [1.165, 1.54) is 18.2 Å². The molecule has 0 amide bonds. The fraction of sp³-hybridized carbons (Fsp3) is 0.167. The van der Waals surface area contributed by atoms with Gasteiger partial charge in [-0.25, -0.2) is 4.98 Å². The van der Waals surface area contributed by atoms with Gasteiger partial charge in [0.15, 0.2) is 0 Å². The van der Waals surface area contributed by atoms with Crippen molar-refractivity contribution in [2.45, 2.75) is 24.4 Å². The van der Waals surface area contributed by atoms with Crippen LogP contribution in [0.4, 0.5) is 32.0 Å². The Morgan fingerprint density at radius 1 is 0.857 bits per heavy atom. The summed E-state index contributed by atoms with van der Waals surface area (Å²) in [5, 5.41) is 9.80. The summed E-state index contributed by atoms with van der Waals surface area (Å²) in [7, 11) is 0. The molecule has 3 aromatic carbocycles. The van der Waals surface area contributed by atoms with Gasteiger partial charge >= 0.3 is 12.4 Å². The van der Waals surface area contributed by atoms with Crippen LogP contribution < -0.4 is 11.3 Å². The summed E-state index contributed by atoms with van der Waals surface area (Å²) >= 11 is 0. The second kappa shape index (κ2) is 8.42. The molecule has 0 saturated carbocycles. The first-order valence-corrected chi connectivity index (χ1v) is 10.1. The van der Waals surface area contributed by atoms with Crippen molar-refractivity contribution in [1.82, 2.24) is 9.55 Å². The maximum atomic E-state index is 13.3. The zero-order valence-electron chi connectivity index (χ0n) is 17.7. The van der Waals surface area contributed by atoms with Crippen molar-refractivity contribution in [3.05, 3.63) is 100 Å². The van der Waals surface area contributed by atoms with Crippen LogP contribution in [0, 0.1) is 0 Å². The first kappa shape index (κ1) is 24.3. The highest BCUT2D eigenvalue weighted by Gasteiger charge is 2.71. The van der Waals surface area contributed by atoms with Crippen LogP contribution in [0.3, 0.4) is 0 Å². The second-order valence-corrected chi connectivity index (χ2v) is 7.86. The molecule has 0 aliphatic carbocycles. The Kier molecular flexibility index (Phi) is 5.84. The highest BCUT2D eigenvalue weighted by molar-refractivity contribution is 5.81.